The van der Waals surface area contributed by atoms with E-state index in [1.54, 1.807) is 0 Å². The molecule has 0 saturated heterocycles. The van der Waals surface area contributed by atoms with Crippen LogP contribution in [0.3, 0.4) is 0 Å². The topological polar surface area (TPSA) is 13.1 Å². The predicted octanol–water partition coefficient (Wildman–Crippen LogP) is 3.79. The lowest BCUT2D eigenvalue weighted by molar-refractivity contribution is -0.673. The molecule has 0 fully saturated rings. The number of hydrogen-bond acceptors (Lipinski definition) is 2. The molecule has 0 amide bonds. The van der Waals surface area contributed by atoms with E-state index < -0.39 is 0 Å². The molecule has 0 spiro atoms. The lowest BCUT2D eigenvalue weighted by Gasteiger charge is -2.07. The highest BCUT2D eigenvalue weighted by molar-refractivity contribution is 7.09. The van der Waals surface area contributed by atoms with Crippen LogP contribution in [0.5, 0.6) is 0 Å². The molecular formula is C18H20NOS+. The minimum Gasteiger partial charge on any atom is -0.376 e. The Morgan fingerprint density at radius 2 is 1.90 bits per heavy atom. The van der Waals surface area contributed by atoms with Crippen molar-refractivity contribution in [2.75, 3.05) is 6.61 Å². The quantitative estimate of drug-likeness (QED) is 0.516. The fourth-order valence-electron chi connectivity index (χ4n) is 2.51. The summed E-state index contributed by atoms with van der Waals surface area (Å²) in [5.41, 5.74) is 4.75. The first-order valence-electron chi connectivity index (χ1n) is 7.22. The fraction of sp³-hybridized carbons (Fsp3) is 0.278. The van der Waals surface area contributed by atoms with Gasteiger partial charge in [0.25, 0.3) is 0 Å². The van der Waals surface area contributed by atoms with Gasteiger partial charge in [-0.2, -0.15) is 4.57 Å². The van der Waals surface area contributed by atoms with Crippen molar-refractivity contribution in [2.45, 2.75) is 20.0 Å². The highest BCUT2D eigenvalue weighted by atomic mass is 32.1. The molecule has 0 unspecified atom stereocenters. The maximum Gasteiger partial charge on any atom is 0.224 e. The number of aromatic nitrogens is 1. The zero-order chi connectivity index (χ0) is 14.7. The van der Waals surface area contributed by atoms with Crippen LogP contribution in [0.15, 0.2) is 48.0 Å². The number of hydrogen-bond donors (Lipinski definition) is 0. The van der Waals surface area contributed by atoms with Gasteiger partial charge in [0.15, 0.2) is 5.69 Å². The van der Waals surface area contributed by atoms with Crippen molar-refractivity contribution in [3.63, 3.8) is 0 Å². The molecule has 1 aromatic heterocycles. The van der Waals surface area contributed by atoms with Crippen molar-refractivity contribution in [3.05, 3.63) is 64.1 Å². The lowest BCUT2D eigenvalue weighted by Crippen LogP contribution is -2.28. The van der Waals surface area contributed by atoms with Gasteiger partial charge in [-0.25, -0.2) is 0 Å². The van der Waals surface area contributed by atoms with Gasteiger partial charge in [-0.15, -0.1) is 0 Å². The summed E-state index contributed by atoms with van der Waals surface area (Å²) in [5.74, 6) is 0. The van der Waals surface area contributed by atoms with Crippen molar-refractivity contribution in [1.29, 1.82) is 0 Å². The van der Waals surface area contributed by atoms with Crippen molar-refractivity contribution < 1.29 is 9.30 Å². The smallest absolute Gasteiger partial charge is 0.224 e. The molecule has 0 aliphatic heterocycles. The first-order valence-corrected chi connectivity index (χ1v) is 8.10. The summed E-state index contributed by atoms with van der Waals surface area (Å²) >= 11 is 1.81. The number of ether oxygens (including phenoxy) is 1. The van der Waals surface area contributed by atoms with Gasteiger partial charge in [0.1, 0.15) is 7.05 Å². The standard InChI is InChI=1S/C18H20NOS/c1-14-18(21-13-19(14)2)10-11-20-12-16-8-5-7-15-6-3-4-9-17(15)16/h3-9,13H,10-12H2,1-2H3/q+1. The number of aryl methyl sites for hydroxylation is 1. The second-order valence-corrected chi connectivity index (χ2v) is 6.22. The van der Waals surface area contributed by atoms with Gasteiger partial charge in [-0.1, -0.05) is 53.8 Å². The maximum atomic E-state index is 5.89. The fourth-order valence-corrected chi connectivity index (χ4v) is 3.47. The van der Waals surface area contributed by atoms with E-state index in [-0.39, 0.29) is 0 Å². The Kier molecular flexibility index (Phi) is 4.32. The number of thiazole rings is 1. The minimum atomic E-state index is 0.678. The zero-order valence-corrected chi connectivity index (χ0v) is 13.3. The Bertz CT molecular complexity index is 743. The normalized spacial score (nSPS) is 11.1. The van der Waals surface area contributed by atoms with Gasteiger partial charge in [0.2, 0.25) is 5.51 Å². The predicted molar refractivity (Wildman–Crippen MR) is 87.5 cm³/mol. The summed E-state index contributed by atoms with van der Waals surface area (Å²) in [6, 6.07) is 14.9. The van der Waals surface area contributed by atoms with Crippen LogP contribution in [0.25, 0.3) is 10.8 Å². The van der Waals surface area contributed by atoms with E-state index in [1.165, 1.54) is 26.9 Å². The average molecular weight is 298 g/mol. The first-order chi connectivity index (χ1) is 10.3. The summed E-state index contributed by atoms with van der Waals surface area (Å²) in [4.78, 5) is 1.41. The van der Waals surface area contributed by atoms with Crippen LogP contribution in [0.4, 0.5) is 0 Å². The largest absolute Gasteiger partial charge is 0.376 e. The molecule has 0 aliphatic carbocycles. The number of rotatable bonds is 5. The van der Waals surface area contributed by atoms with Crippen LogP contribution in [0.1, 0.15) is 16.1 Å². The Morgan fingerprint density at radius 3 is 2.71 bits per heavy atom. The molecule has 108 valence electrons. The molecule has 3 heteroatoms. The molecule has 0 saturated carbocycles. The van der Waals surface area contributed by atoms with E-state index in [4.69, 9.17) is 4.74 Å². The Morgan fingerprint density at radius 1 is 1.10 bits per heavy atom. The van der Waals surface area contributed by atoms with E-state index in [0.29, 0.717) is 6.61 Å². The number of fused-ring (bicyclic) bond motifs is 1. The molecule has 0 N–H and O–H groups in total. The molecule has 0 bridgehead atoms. The van der Waals surface area contributed by atoms with Gasteiger partial charge >= 0.3 is 0 Å². The van der Waals surface area contributed by atoms with Crippen LogP contribution in [0, 0.1) is 6.92 Å². The third kappa shape index (κ3) is 3.14. The number of benzene rings is 2. The van der Waals surface area contributed by atoms with Crippen LogP contribution in [0.2, 0.25) is 0 Å². The molecular weight excluding hydrogens is 278 g/mol. The van der Waals surface area contributed by atoms with E-state index in [9.17, 15) is 0 Å². The van der Waals surface area contributed by atoms with Gasteiger partial charge in [-0.3, -0.25) is 0 Å². The highest BCUT2D eigenvalue weighted by Gasteiger charge is 2.10. The van der Waals surface area contributed by atoms with E-state index in [1.807, 2.05) is 11.3 Å². The minimum absolute atomic E-state index is 0.678. The van der Waals surface area contributed by atoms with Crippen molar-refractivity contribution in [2.24, 2.45) is 7.05 Å². The zero-order valence-electron chi connectivity index (χ0n) is 12.5. The summed E-state index contributed by atoms with van der Waals surface area (Å²) < 4.78 is 8.06. The highest BCUT2D eigenvalue weighted by Crippen LogP contribution is 2.19. The second kappa shape index (κ2) is 6.37. The van der Waals surface area contributed by atoms with Gasteiger partial charge in [0.05, 0.1) is 18.1 Å². The Hall–Kier alpha value is -1.71. The molecule has 21 heavy (non-hydrogen) atoms. The van der Waals surface area contributed by atoms with Crippen molar-refractivity contribution >= 4 is 22.1 Å². The van der Waals surface area contributed by atoms with E-state index in [2.05, 4.69) is 66.5 Å². The molecule has 2 nitrogen and oxygen atoms in total. The van der Waals surface area contributed by atoms with Crippen LogP contribution >= 0.6 is 11.3 Å². The summed E-state index contributed by atoms with van der Waals surface area (Å²) in [6.45, 7) is 3.61. The molecule has 0 radical (unpaired) electrons. The maximum absolute atomic E-state index is 5.89. The Balaban J connectivity index is 1.61. The van der Waals surface area contributed by atoms with Crippen molar-refractivity contribution in [1.82, 2.24) is 0 Å². The average Bonchev–Trinajstić information content (AvgIpc) is 2.83. The third-order valence-corrected chi connectivity index (χ3v) is 5.10. The van der Waals surface area contributed by atoms with Crippen LogP contribution in [-0.2, 0) is 24.8 Å². The SMILES string of the molecule is Cc1c(CCOCc2cccc3ccccc23)sc[n+]1C. The first kappa shape index (κ1) is 14.2. The summed E-state index contributed by atoms with van der Waals surface area (Å²) in [7, 11) is 2.09. The molecule has 0 atom stereocenters. The lowest BCUT2D eigenvalue weighted by atomic mass is 10.1. The van der Waals surface area contributed by atoms with Crippen LogP contribution < -0.4 is 4.57 Å². The Labute approximate surface area is 129 Å². The molecule has 0 aliphatic rings. The van der Waals surface area contributed by atoms with Crippen LogP contribution in [-0.4, -0.2) is 6.61 Å². The second-order valence-electron chi connectivity index (χ2n) is 5.28. The summed E-state index contributed by atoms with van der Waals surface area (Å²) in [5, 5.41) is 2.57. The number of nitrogens with zero attached hydrogens (tertiary/aromatic N) is 1. The van der Waals surface area contributed by atoms with E-state index >= 15 is 0 Å². The van der Waals surface area contributed by atoms with Gasteiger partial charge in [-0.05, 0) is 16.3 Å². The van der Waals surface area contributed by atoms with Gasteiger partial charge in [0, 0.05) is 13.3 Å². The van der Waals surface area contributed by atoms with Gasteiger partial charge < -0.3 is 4.74 Å². The molecule has 1 heterocycles. The van der Waals surface area contributed by atoms with Crippen molar-refractivity contribution in [3.8, 4) is 0 Å². The molecule has 3 aromatic rings. The summed E-state index contributed by atoms with van der Waals surface area (Å²) in [6.07, 6.45) is 0.988. The molecule has 3 rings (SSSR count). The van der Waals surface area contributed by atoms with E-state index in [0.717, 1.165) is 13.0 Å². The third-order valence-electron chi connectivity index (χ3n) is 3.90. The molecule has 2 aromatic carbocycles. The monoisotopic (exact) mass is 298 g/mol.